The largest absolute Gasteiger partial charge is 0.277 e. The topological polar surface area (TPSA) is 119 Å². The first kappa shape index (κ1) is 33.5. The molecule has 0 aliphatic carbocycles. The number of rotatable bonds is 15. The summed E-state index contributed by atoms with van der Waals surface area (Å²) in [4.78, 5) is 2.54. The quantitative estimate of drug-likeness (QED) is 0.114. The summed E-state index contributed by atoms with van der Waals surface area (Å²) in [6.07, 6.45) is 9.97. The Balaban J connectivity index is 1.50. The summed E-state index contributed by atoms with van der Waals surface area (Å²) in [6.45, 7) is 6.62. The average Bonchev–Trinajstić information content (AvgIpc) is 3.15. The van der Waals surface area contributed by atoms with Crippen LogP contribution in [0.3, 0.4) is 0 Å². The SMILES string of the molecule is CCC(c1nnncc1Cc1ccccc1)N(C(CC)c1nnncc1Cc1ccccc1)C(CC)c1nnncc1Cc1ccccc1. The fourth-order valence-corrected chi connectivity index (χ4v) is 6.89. The van der Waals surface area contributed by atoms with E-state index in [2.05, 4.69) is 129 Å². The van der Waals surface area contributed by atoms with Crippen LogP contribution in [0, 0.1) is 0 Å². The van der Waals surface area contributed by atoms with Crippen LogP contribution in [0.15, 0.2) is 110 Å². The lowest BCUT2D eigenvalue weighted by Gasteiger charge is -2.42. The summed E-state index contributed by atoms with van der Waals surface area (Å²) in [5.74, 6) is 0. The molecule has 3 atom stereocenters. The predicted octanol–water partition coefficient (Wildman–Crippen LogP) is 7.07. The van der Waals surface area contributed by atoms with Crippen molar-refractivity contribution in [3.8, 4) is 0 Å². The summed E-state index contributed by atoms with van der Waals surface area (Å²) < 4.78 is 0. The highest BCUT2D eigenvalue weighted by Gasteiger charge is 2.38. The summed E-state index contributed by atoms with van der Waals surface area (Å²) in [5, 5.41) is 39.6. The van der Waals surface area contributed by atoms with Gasteiger partial charge >= 0.3 is 0 Å². The Labute approximate surface area is 288 Å². The molecule has 10 nitrogen and oxygen atoms in total. The van der Waals surface area contributed by atoms with E-state index in [1.165, 1.54) is 16.7 Å². The Morgan fingerprint density at radius 1 is 0.429 bits per heavy atom. The van der Waals surface area contributed by atoms with Gasteiger partial charge in [-0.25, -0.2) is 0 Å². The van der Waals surface area contributed by atoms with Gasteiger partial charge in [0.05, 0.1) is 53.8 Å². The van der Waals surface area contributed by atoms with E-state index in [-0.39, 0.29) is 18.1 Å². The van der Waals surface area contributed by atoms with Crippen LogP contribution in [0.1, 0.15) is 109 Å². The Bertz CT molecular complexity index is 1670. The molecular formula is C39H42N10. The van der Waals surface area contributed by atoms with Gasteiger partial charge < -0.3 is 0 Å². The second-order valence-corrected chi connectivity index (χ2v) is 12.2. The van der Waals surface area contributed by atoms with E-state index in [0.29, 0.717) is 19.3 Å². The first-order valence-corrected chi connectivity index (χ1v) is 17.1. The molecular weight excluding hydrogens is 608 g/mol. The number of aromatic nitrogens is 9. The van der Waals surface area contributed by atoms with Gasteiger partial charge in [0.2, 0.25) is 0 Å². The fraction of sp³-hybridized carbons (Fsp3) is 0.308. The normalized spacial score (nSPS) is 13.2. The minimum Gasteiger partial charge on any atom is -0.277 e. The van der Waals surface area contributed by atoms with Crippen molar-refractivity contribution in [1.82, 2.24) is 51.1 Å². The zero-order valence-corrected chi connectivity index (χ0v) is 28.3. The van der Waals surface area contributed by atoms with Crippen LogP contribution in [0.25, 0.3) is 0 Å². The van der Waals surface area contributed by atoms with E-state index in [1.807, 2.05) is 36.8 Å². The third-order valence-corrected chi connectivity index (χ3v) is 9.14. The minimum atomic E-state index is -0.150. The Kier molecular flexibility index (Phi) is 11.4. The Morgan fingerprint density at radius 3 is 0.980 bits per heavy atom. The van der Waals surface area contributed by atoms with Crippen molar-refractivity contribution < 1.29 is 0 Å². The molecule has 0 saturated carbocycles. The van der Waals surface area contributed by atoms with Crippen LogP contribution in [0.5, 0.6) is 0 Å². The summed E-state index contributed by atoms with van der Waals surface area (Å²) in [7, 11) is 0. The molecule has 0 radical (unpaired) electrons. The van der Waals surface area contributed by atoms with Crippen LogP contribution in [-0.2, 0) is 19.3 Å². The molecule has 3 unspecified atom stereocenters. The van der Waals surface area contributed by atoms with E-state index in [4.69, 9.17) is 15.3 Å². The maximum atomic E-state index is 4.77. The zero-order chi connectivity index (χ0) is 33.8. The second-order valence-electron chi connectivity index (χ2n) is 12.2. The number of benzene rings is 3. The van der Waals surface area contributed by atoms with Gasteiger partial charge in [0.25, 0.3) is 0 Å². The van der Waals surface area contributed by atoms with Crippen LogP contribution in [-0.4, -0.2) is 51.1 Å². The molecule has 6 aromatic rings. The van der Waals surface area contributed by atoms with E-state index < -0.39 is 0 Å². The highest BCUT2D eigenvalue weighted by Crippen LogP contribution is 2.44. The third-order valence-electron chi connectivity index (χ3n) is 9.14. The molecule has 10 heteroatoms. The maximum Gasteiger partial charge on any atom is 0.0871 e. The van der Waals surface area contributed by atoms with Crippen molar-refractivity contribution in [3.63, 3.8) is 0 Å². The highest BCUT2D eigenvalue weighted by atomic mass is 15.4. The van der Waals surface area contributed by atoms with Gasteiger partial charge in [-0.15, -0.1) is 30.6 Å². The van der Waals surface area contributed by atoms with Crippen LogP contribution >= 0.6 is 0 Å². The molecule has 0 bridgehead atoms. The van der Waals surface area contributed by atoms with E-state index in [9.17, 15) is 0 Å². The molecule has 3 heterocycles. The zero-order valence-electron chi connectivity index (χ0n) is 28.3. The van der Waals surface area contributed by atoms with E-state index >= 15 is 0 Å². The molecule has 0 spiro atoms. The van der Waals surface area contributed by atoms with Gasteiger partial charge in [-0.3, -0.25) is 4.90 Å². The molecule has 0 amide bonds. The first-order valence-electron chi connectivity index (χ1n) is 17.1. The van der Waals surface area contributed by atoms with Crippen LogP contribution < -0.4 is 0 Å². The molecule has 0 saturated heterocycles. The van der Waals surface area contributed by atoms with Crippen molar-refractivity contribution in [2.24, 2.45) is 0 Å². The molecule has 0 aliphatic rings. The highest BCUT2D eigenvalue weighted by molar-refractivity contribution is 5.33. The molecule has 3 aromatic heterocycles. The van der Waals surface area contributed by atoms with Gasteiger partial charge in [0, 0.05) is 36.0 Å². The fourth-order valence-electron chi connectivity index (χ4n) is 6.89. The summed E-state index contributed by atoms with van der Waals surface area (Å²) >= 11 is 0. The lowest BCUT2D eigenvalue weighted by molar-refractivity contribution is 0.0568. The van der Waals surface area contributed by atoms with Gasteiger partial charge in [-0.1, -0.05) is 112 Å². The summed E-state index contributed by atoms with van der Waals surface area (Å²) in [5.41, 5.74) is 9.39. The van der Waals surface area contributed by atoms with E-state index in [0.717, 1.165) is 53.0 Å². The predicted molar refractivity (Wildman–Crippen MR) is 188 cm³/mol. The molecule has 0 N–H and O–H groups in total. The van der Waals surface area contributed by atoms with Crippen molar-refractivity contribution >= 4 is 0 Å². The molecule has 248 valence electrons. The maximum absolute atomic E-state index is 4.77. The standard InChI is InChI=1S/C39H42N10/c1-4-34(37-31(25-40-46-43-37)22-28-16-10-7-11-17-28)49(35(5-2)38-32(26-41-47-44-38)23-29-18-12-8-13-19-29)36(6-3)39-33(27-42-48-45-39)24-30-20-14-9-15-21-30/h7-21,25-27,34-36H,4-6,22-24H2,1-3H3. The molecule has 3 aromatic carbocycles. The molecule has 6 rings (SSSR count). The monoisotopic (exact) mass is 650 g/mol. The first-order chi connectivity index (χ1) is 24.2. The summed E-state index contributed by atoms with van der Waals surface area (Å²) in [6, 6.07) is 30.9. The van der Waals surface area contributed by atoms with Crippen LogP contribution in [0.4, 0.5) is 0 Å². The Hall–Kier alpha value is -5.35. The van der Waals surface area contributed by atoms with Gasteiger partial charge in [0.1, 0.15) is 0 Å². The van der Waals surface area contributed by atoms with Gasteiger partial charge in [-0.2, -0.15) is 0 Å². The van der Waals surface area contributed by atoms with Gasteiger partial charge in [-0.05, 0) is 51.6 Å². The average molecular weight is 651 g/mol. The van der Waals surface area contributed by atoms with Crippen molar-refractivity contribution in [1.29, 1.82) is 0 Å². The Morgan fingerprint density at radius 2 is 0.714 bits per heavy atom. The molecule has 0 fully saturated rings. The number of hydrogen-bond donors (Lipinski definition) is 0. The van der Waals surface area contributed by atoms with Crippen LogP contribution in [0.2, 0.25) is 0 Å². The lowest BCUT2D eigenvalue weighted by atomic mass is 9.90. The third kappa shape index (κ3) is 8.04. The molecule has 0 aliphatic heterocycles. The lowest BCUT2D eigenvalue weighted by Crippen LogP contribution is -2.39. The second kappa shape index (κ2) is 16.7. The van der Waals surface area contributed by atoms with Crippen molar-refractivity contribution in [2.45, 2.75) is 77.4 Å². The van der Waals surface area contributed by atoms with Crippen molar-refractivity contribution in [2.75, 3.05) is 0 Å². The van der Waals surface area contributed by atoms with E-state index in [1.54, 1.807) is 0 Å². The van der Waals surface area contributed by atoms with Crippen molar-refractivity contribution in [3.05, 3.63) is 160 Å². The minimum absolute atomic E-state index is 0.150. The smallest absolute Gasteiger partial charge is 0.0871 e. The van der Waals surface area contributed by atoms with Gasteiger partial charge in [0.15, 0.2) is 0 Å². The molecule has 49 heavy (non-hydrogen) atoms. The number of nitrogens with zero attached hydrogens (tertiary/aromatic N) is 10. The number of hydrogen-bond acceptors (Lipinski definition) is 10.